The molecule has 0 atom stereocenters. The third-order valence-corrected chi connectivity index (χ3v) is 4.53. The lowest BCUT2D eigenvalue weighted by atomic mass is 10.2. The average Bonchev–Trinajstić information content (AvgIpc) is 2.43. The van der Waals surface area contributed by atoms with Crippen molar-refractivity contribution < 1.29 is 17.9 Å². The Bertz CT molecular complexity index is 768. The zero-order valence-electron chi connectivity index (χ0n) is 10.8. The summed E-state index contributed by atoms with van der Waals surface area (Å²) in [7, 11) is -3.44. The van der Waals surface area contributed by atoms with Gasteiger partial charge in [0.1, 0.15) is 0 Å². The number of aromatic hydroxyl groups is 1. The number of sulfone groups is 1. The molecule has 0 saturated carbocycles. The summed E-state index contributed by atoms with van der Waals surface area (Å²) in [6, 6.07) is 10.6. The molecule has 0 fully saturated rings. The summed E-state index contributed by atoms with van der Waals surface area (Å²) in [5.41, 5.74) is 1.08. The molecule has 110 valence electrons. The molecule has 0 amide bonds. The summed E-state index contributed by atoms with van der Waals surface area (Å²) >= 11 is 3.28. The minimum Gasteiger partial charge on any atom is -0.505 e. The van der Waals surface area contributed by atoms with Crippen molar-refractivity contribution in [3.63, 3.8) is 0 Å². The fourth-order valence-corrected chi connectivity index (χ4v) is 3.06. The van der Waals surface area contributed by atoms with E-state index in [2.05, 4.69) is 15.9 Å². The largest absolute Gasteiger partial charge is 0.505 e. The number of phenolic OH excluding ortho intramolecular Hbond substituents is 1. The van der Waals surface area contributed by atoms with Gasteiger partial charge >= 0.3 is 0 Å². The number of halogens is 2. The first kappa shape index (κ1) is 15.7. The first-order chi connectivity index (χ1) is 9.85. The number of rotatable bonds is 4. The highest BCUT2D eigenvalue weighted by Crippen LogP contribution is 2.19. The van der Waals surface area contributed by atoms with Crippen LogP contribution in [-0.2, 0) is 15.6 Å². The van der Waals surface area contributed by atoms with Crippen LogP contribution in [0.4, 0.5) is 4.39 Å². The van der Waals surface area contributed by atoms with Crippen LogP contribution in [0.2, 0.25) is 0 Å². The SMILES string of the molecule is O=S(=O)(C=Cc1ccc(F)c(O)c1)Cc1ccc(Br)cc1. The second kappa shape index (κ2) is 6.41. The molecule has 0 aromatic heterocycles. The lowest BCUT2D eigenvalue weighted by Gasteiger charge is -2.01. The monoisotopic (exact) mass is 370 g/mol. The Balaban J connectivity index is 2.14. The van der Waals surface area contributed by atoms with Gasteiger partial charge in [-0.1, -0.05) is 34.1 Å². The van der Waals surface area contributed by atoms with Crippen LogP contribution < -0.4 is 0 Å². The van der Waals surface area contributed by atoms with Crippen molar-refractivity contribution in [3.8, 4) is 5.75 Å². The van der Waals surface area contributed by atoms with Crippen LogP contribution in [0, 0.1) is 5.82 Å². The number of hydrogen-bond donors (Lipinski definition) is 1. The van der Waals surface area contributed by atoms with Crippen LogP contribution in [0.15, 0.2) is 52.3 Å². The molecule has 0 bridgehead atoms. The van der Waals surface area contributed by atoms with Gasteiger partial charge in [-0.3, -0.25) is 0 Å². The molecule has 2 aromatic carbocycles. The van der Waals surface area contributed by atoms with E-state index < -0.39 is 21.4 Å². The first-order valence-electron chi connectivity index (χ1n) is 5.99. The van der Waals surface area contributed by atoms with E-state index in [1.54, 1.807) is 24.3 Å². The average molecular weight is 371 g/mol. The predicted octanol–water partition coefficient (Wildman–Crippen LogP) is 3.88. The van der Waals surface area contributed by atoms with Crippen LogP contribution >= 0.6 is 15.9 Å². The van der Waals surface area contributed by atoms with Gasteiger partial charge in [0, 0.05) is 9.88 Å². The molecule has 1 N–H and O–H groups in total. The van der Waals surface area contributed by atoms with Crippen molar-refractivity contribution in [1.29, 1.82) is 0 Å². The third kappa shape index (κ3) is 4.68. The Morgan fingerprint density at radius 3 is 2.43 bits per heavy atom. The molecule has 0 aliphatic rings. The number of hydrogen-bond acceptors (Lipinski definition) is 3. The van der Waals surface area contributed by atoms with E-state index in [9.17, 15) is 17.9 Å². The van der Waals surface area contributed by atoms with Crippen molar-refractivity contribution in [3.05, 3.63) is 69.3 Å². The van der Waals surface area contributed by atoms with E-state index in [0.29, 0.717) is 11.1 Å². The topological polar surface area (TPSA) is 54.4 Å². The van der Waals surface area contributed by atoms with Crippen molar-refractivity contribution in [2.24, 2.45) is 0 Å². The number of benzene rings is 2. The Kier molecular flexibility index (Phi) is 4.80. The van der Waals surface area contributed by atoms with Gasteiger partial charge in [0.05, 0.1) is 5.75 Å². The van der Waals surface area contributed by atoms with Gasteiger partial charge in [-0.2, -0.15) is 0 Å². The van der Waals surface area contributed by atoms with Gasteiger partial charge in [0.15, 0.2) is 21.4 Å². The van der Waals surface area contributed by atoms with Crippen molar-refractivity contribution >= 4 is 31.8 Å². The summed E-state index contributed by atoms with van der Waals surface area (Å²) in [6.45, 7) is 0. The molecule has 0 unspecified atom stereocenters. The van der Waals surface area contributed by atoms with Gasteiger partial charge in [0.25, 0.3) is 0 Å². The molecular formula is C15H12BrFO3S. The molecule has 2 aromatic rings. The zero-order valence-corrected chi connectivity index (χ0v) is 13.2. The van der Waals surface area contributed by atoms with Gasteiger partial charge < -0.3 is 5.11 Å². The fraction of sp³-hybridized carbons (Fsp3) is 0.0667. The first-order valence-corrected chi connectivity index (χ1v) is 8.50. The van der Waals surface area contributed by atoms with Crippen molar-refractivity contribution in [2.75, 3.05) is 0 Å². The summed E-state index contributed by atoms with van der Waals surface area (Å²) < 4.78 is 37.7. The van der Waals surface area contributed by atoms with Crippen LogP contribution in [0.1, 0.15) is 11.1 Å². The molecular weight excluding hydrogens is 359 g/mol. The van der Waals surface area contributed by atoms with Crippen LogP contribution in [0.25, 0.3) is 6.08 Å². The molecule has 21 heavy (non-hydrogen) atoms. The Hall–Kier alpha value is -1.66. The maximum absolute atomic E-state index is 12.9. The normalized spacial score (nSPS) is 11.9. The zero-order chi connectivity index (χ0) is 15.5. The molecule has 2 rings (SSSR count). The van der Waals surface area contributed by atoms with Crippen molar-refractivity contribution in [1.82, 2.24) is 0 Å². The summed E-state index contributed by atoms with van der Waals surface area (Å²) in [5.74, 6) is -1.38. The summed E-state index contributed by atoms with van der Waals surface area (Å²) in [6.07, 6.45) is 1.33. The van der Waals surface area contributed by atoms with Crippen LogP contribution in [0.3, 0.4) is 0 Å². The van der Waals surface area contributed by atoms with E-state index in [4.69, 9.17) is 0 Å². The molecule has 6 heteroatoms. The summed E-state index contributed by atoms with van der Waals surface area (Å²) in [5, 5.41) is 10.3. The lowest BCUT2D eigenvalue weighted by molar-refractivity contribution is 0.432. The van der Waals surface area contributed by atoms with Crippen LogP contribution in [0.5, 0.6) is 5.75 Å². The predicted molar refractivity (Wildman–Crippen MR) is 83.9 cm³/mol. The van der Waals surface area contributed by atoms with E-state index >= 15 is 0 Å². The Labute approximate surface area is 130 Å². The molecule has 0 spiro atoms. The minimum atomic E-state index is -3.44. The quantitative estimate of drug-likeness (QED) is 0.888. The minimum absolute atomic E-state index is 0.121. The fourth-order valence-electron chi connectivity index (χ4n) is 1.68. The maximum atomic E-state index is 12.9. The standard InChI is InChI=1S/C15H12BrFO3S/c16-13-4-1-12(2-5-13)10-21(19,20)8-7-11-3-6-14(17)15(18)9-11/h1-9,18H,10H2. The van der Waals surface area contributed by atoms with Gasteiger partial charge in [0.2, 0.25) is 0 Å². The number of phenols is 1. The van der Waals surface area contributed by atoms with Gasteiger partial charge in [-0.05, 0) is 41.5 Å². The highest BCUT2D eigenvalue weighted by molar-refractivity contribution is 9.10. The maximum Gasteiger partial charge on any atom is 0.175 e. The molecule has 0 saturated heterocycles. The third-order valence-electron chi connectivity index (χ3n) is 2.72. The Morgan fingerprint density at radius 1 is 1.14 bits per heavy atom. The summed E-state index contributed by atoms with van der Waals surface area (Å²) in [4.78, 5) is 0. The smallest absolute Gasteiger partial charge is 0.175 e. The lowest BCUT2D eigenvalue weighted by Crippen LogP contribution is -1.99. The van der Waals surface area contributed by atoms with Crippen LogP contribution in [-0.4, -0.2) is 13.5 Å². The molecule has 0 radical (unpaired) electrons. The highest BCUT2D eigenvalue weighted by Gasteiger charge is 2.08. The highest BCUT2D eigenvalue weighted by atomic mass is 79.9. The van der Waals surface area contributed by atoms with Crippen molar-refractivity contribution in [2.45, 2.75) is 5.75 Å². The molecule has 0 aliphatic carbocycles. The van der Waals surface area contributed by atoms with E-state index in [1.165, 1.54) is 18.2 Å². The molecule has 0 heterocycles. The van der Waals surface area contributed by atoms with Gasteiger partial charge in [-0.15, -0.1) is 0 Å². The van der Waals surface area contributed by atoms with E-state index in [1.807, 2.05) is 0 Å². The van der Waals surface area contributed by atoms with E-state index in [0.717, 1.165) is 15.9 Å². The molecule has 3 nitrogen and oxygen atoms in total. The van der Waals surface area contributed by atoms with E-state index in [-0.39, 0.29) is 5.75 Å². The second-order valence-electron chi connectivity index (χ2n) is 4.45. The second-order valence-corrected chi connectivity index (χ2v) is 7.25. The van der Waals surface area contributed by atoms with Gasteiger partial charge in [-0.25, -0.2) is 12.8 Å². The molecule has 0 aliphatic heterocycles. The Morgan fingerprint density at radius 2 is 1.81 bits per heavy atom.